The molecule has 4 rings (SSSR count). The molecule has 0 bridgehead atoms. The van der Waals surface area contributed by atoms with Crippen LogP contribution in [0.3, 0.4) is 0 Å². The molecule has 1 aliphatic heterocycles. The molecule has 1 atom stereocenters. The Balaban J connectivity index is 1.23. The summed E-state index contributed by atoms with van der Waals surface area (Å²) in [6.45, 7) is 6.61. The zero-order valence-corrected chi connectivity index (χ0v) is 17.6. The van der Waals surface area contributed by atoms with Gasteiger partial charge in [-0.2, -0.15) is 5.26 Å². The number of benzene rings is 1. The lowest BCUT2D eigenvalue weighted by atomic mass is 9.98. The molecule has 1 aromatic heterocycles. The smallest absolute Gasteiger partial charge is 0.235 e. The van der Waals surface area contributed by atoms with E-state index in [1.54, 1.807) is 11.3 Å². The number of nitrogens with zero attached hydrogens (tertiary/aromatic N) is 4. The van der Waals surface area contributed by atoms with Gasteiger partial charge in [-0.05, 0) is 25.7 Å². The molecule has 0 radical (unpaired) electrons. The number of hydrogen-bond donors (Lipinski definition) is 1. The zero-order valence-electron chi connectivity index (χ0n) is 16.8. The Hall–Kier alpha value is -2.27. The zero-order chi connectivity index (χ0) is 20.3. The van der Waals surface area contributed by atoms with Crippen molar-refractivity contribution in [3.63, 3.8) is 0 Å². The first kappa shape index (κ1) is 20.0. The highest BCUT2D eigenvalue weighted by molar-refractivity contribution is 7.13. The van der Waals surface area contributed by atoms with Crippen LogP contribution in [0.1, 0.15) is 25.5 Å². The molecule has 0 spiro atoms. The van der Waals surface area contributed by atoms with Crippen LogP contribution in [0.25, 0.3) is 10.6 Å². The minimum Gasteiger partial charge on any atom is -0.337 e. The summed E-state index contributed by atoms with van der Waals surface area (Å²) in [4.78, 5) is 21.7. The topological polar surface area (TPSA) is 72.3 Å². The Morgan fingerprint density at radius 1 is 1.24 bits per heavy atom. The fourth-order valence-electron chi connectivity index (χ4n) is 3.84. The lowest BCUT2D eigenvalue weighted by Crippen LogP contribution is -2.53. The molecule has 6 nitrogen and oxygen atoms in total. The van der Waals surface area contributed by atoms with Crippen molar-refractivity contribution >= 4 is 17.2 Å². The van der Waals surface area contributed by atoms with Crippen molar-refractivity contribution in [3.05, 3.63) is 41.4 Å². The first-order chi connectivity index (χ1) is 14.1. The van der Waals surface area contributed by atoms with E-state index in [0.29, 0.717) is 12.5 Å². The summed E-state index contributed by atoms with van der Waals surface area (Å²) in [6.07, 6.45) is 2.07. The Bertz CT molecular complexity index is 880. The maximum atomic E-state index is 12.4. The van der Waals surface area contributed by atoms with Gasteiger partial charge in [-0.15, -0.1) is 11.3 Å². The number of thiazole rings is 1. The monoisotopic (exact) mass is 409 g/mol. The summed E-state index contributed by atoms with van der Waals surface area (Å²) in [5.41, 5.74) is 1.56. The van der Waals surface area contributed by atoms with Crippen molar-refractivity contribution in [3.8, 4) is 16.6 Å². The number of amides is 1. The van der Waals surface area contributed by atoms with E-state index in [1.165, 1.54) is 0 Å². The predicted molar refractivity (Wildman–Crippen MR) is 114 cm³/mol. The van der Waals surface area contributed by atoms with Crippen LogP contribution in [-0.4, -0.2) is 59.0 Å². The van der Waals surface area contributed by atoms with Gasteiger partial charge in [0.15, 0.2) is 0 Å². The van der Waals surface area contributed by atoms with E-state index in [0.717, 1.165) is 61.8 Å². The highest BCUT2D eigenvalue weighted by atomic mass is 32.1. The molecular formula is C22H27N5OS. The molecule has 2 aliphatic rings. The van der Waals surface area contributed by atoms with Crippen molar-refractivity contribution in [1.82, 2.24) is 20.1 Å². The van der Waals surface area contributed by atoms with E-state index in [1.807, 2.05) is 25.1 Å². The van der Waals surface area contributed by atoms with Crippen molar-refractivity contribution in [2.75, 3.05) is 32.7 Å². The molecule has 2 fully saturated rings. The first-order valence-electron chi connectivity index (χ1n) is 10.2. The van der Waals surface area contributed by atoms with Crippen LogP contribution < -0.4 is 5.32 Å². The number of carbonyl (C=O) groups excluding carboxylic acids is 1. The maximum absolute atomic E-state index is 12.4. The van der Waals surface area contributed by atoms with Crippen LogP contribution in [0.4, 0.5) is 0 Å². The van der Waals surface area contributed by atoms with Crippen LogP contribution in [0.2, 0.25) is 0 Å². The molecule has 1 saturated heterocycles. The van der Waals surface area contributed by atoms with Crippen molar-refractivity contribution in [2.45, 2.75) is 31.8 Å². The minimum atomic E-state index is -0.708. The van der Waals surface area contributed by atoms with Gasteiger partial charge in [0.1, 0.15) is 10.5 Å². The fraction of sp³-hybridized carbons (Fsp3) is 0.500. The van der Waals surface area contributed by atoms with Gasteiger partial charge in [0.25, 0.3) is 0 Å². The third-order valence-corrected chi connectivity index (χ3v) is 6.76. The molecule has 1 saturated carbocycles. The summed E-state index contributed by atoms with van der Waals surface area (Å²) in [6, 6.07) is 12.6. The van der Waals surface area contributed by atoms with E-state index >= 15 is 0 Å². The third-order valence-electron chi connectivity index (χ3n) is 5.82. The maximum Gasteiger partial charge on any atom is 0.235 e. The average molecular weight is 410 g/mol. The largest absolute Gasteiger partial charge is 0.337 e. The van der Waals surface area contributed by atoms with E-state index in [2.05, 4.69) is 38.7 Å². The molecule has 1 aliphatic carbocycles. The van der Waals surface area contributed by atoms with Crippen LogP contribution in [0, 0.1) is 17.2 Å². The third kappa shape index (κ3) is 5.02. The molecule has 1 N–H and O–H groups in total. The molecule has 1 amide bonds. The number of hydrogen-bond acceptors (Lipinski definition) is 6. The predicted octanol–water partition coefficient (Wildman–Crippen LogP) is 2.74. The van der Waals surface area contributed by atoms with Gasteiger partial charge in [0.2, 0.25) is 5.91 Å². The van der Waals surface area contributed by atoms with E-state index < -0.39 is 5.54 Å². The summed E-state index contributed by atoms with van der Waals surface area (Å²) in [5.74, 6) is 0.272. The van der Waals surface area contributed by atoms with Crippen LogP contribution >= 0.6 is 11.3 Å². The van der Waals surface area contributed by atoms with Crippen molar-refractivity contribution < 1.29 is 4.79 Å². The van der Waals surface area contributed by atoms with Gasteiger partial charge < -0.3 is 5.32 Å². The van der Waals surface area contributed by atoms with E-state index in [4.69, 9.17) is 4.98 Å². The van der Waals surface area contributed by atoms with Gasteiger partial charge in [-0.3, -0.25) is 14.6 Å². The lowest BCUT2D eigenvalue weighted by Gasteiger charge is -2.34. The highest BCUT2D eigenvalue weighted by Crippen LogP contribution is 2.39. The SMILES string of the molecule is CC(C#N)(NC(=O)CN1CCN(Cc2csc(-c3ccccc3)n2)CC1)C1CC1. The number of aromatic nitrogens is 1. The van der Waals surface area contributed by atoms with E-state index in [-0.39, 0.29) is 5.91 Å². The highest BCUT2D eigenvalue weighted by Gasteiger charge is 2.43. The summed E-state index contributed by atoms with van der Waals surface area (Å²) in [5, 5.41) is 15.6. The molecule has 2 aromatic rings. The number of nitriles is 1. The first-order valence-corrected chi connectivity index (χ1v) is 11.1. The Labute approximate surface area is 176 Å². The van der Waals surface area contributed by atoms with Crippen molar-refractivity contribution in [1.29, 1.82) is 5.26 Å². The second-order valence-electron chi connectivity index (χ2n) is 8.20. The van der Waals surface area contributed by atoms with Gasteiger partial charge >= 0.3 is 0 Å². The molecule has 152 valence electrons. The summed E-state index contributed by atoms with van der Waals surface area (Å²) < 4.78 is 0. The molecule has 1 aromatic carbocycles. The number of carbonyl (C=O) groups is 1. The molecule has 7 heteroatoms. The normalized spacial score (nSPS) is 20.0. The van der Waals surface area contributed by atoms with Gasteiger partial charge in [-0.1, -0.05) is 30.3 Å². The quantitative estimate of drug-likeness (QED) is 0.761. The van der Waals surface area contributed by atoms with Crippen LogP contribution in [0.15, 0.2) is 35.7 Å². The summed E-state index contributed by atoms with van der Waals surface area (Å²) >= 11 is 1.69. The Morgan fingerprint density at radius 3 is 2.59 bits per heavy atom. The molecule has 2 heterocycles. The number of nitrogens with one attached hydrogen (secondary N) is 1. The second kappa shape index (κ2) is 8.62. The minimum absolute atomic E-state index is 0.0404. The van der Waals surface area contributed by atoms with Crippen LogP contribution in [0.5, 0.6) is 0 Å². The van der Waals surface area contributed by atoms with Gasteiger partial charge in [0, 0.05) is 43.7 Å². The summed E-state index contributed by atoms with van der Waals surface area (Å²) in [7, 11) is 0. The second-order valence-corrected chi connectivity index (χ2v) is 9.06. The number of piperazine rings is 1. The fourth-order valence-corrected chi connectivity index (χ4v) is 4.66. The van der Waals surface area contributed by atoms with Crippen molar-refractivity contribution in [2.24, 2.45) is 5.92 Å². The van der Waals surface area contributed by atoms with Crippen LogP contribution in [-0.2, 0) is 11.3 Å². The number of rotatable bonds is 7. The molecular weight excluding hydrogens is 382 g/mol. The Kier molecular flexibility index (Phi) is 5.95. The van der Waals surface area contributed by atoms with E-state index in [9.17, 15) is 10.1 Å². The lowest BCUT2D eigenvalue weighted by molar-refractivity contribution is -0.124. The molecule has 1 unspecified atom stereocenters. The molecule has 29 heavy (non-hydrogen) atoms. The van der Waals surface area contributed by atoms with Gasteiger partial charge in [-0.25, -0.2) is 4.98 Å². The Morgan fingerprint density at radius 2 is 1.93 bits per heavy atom. The van der Waals surface area contributed by atoms with Gasteiger partial charge in [0.05, 0.1) is 18.3 Å². The standard InChI is InChI=1S/C22H27N5OS/c1-22(16-23,18-7-8-18)25-20(28)14-27-11-9-26(10-12-27)13-19-15-29-21(24-19)17-5-3-2-4-6-17/h2-6,15,18H,7-14H2,1H3,(H,25,28). The average Bonchev–Trinajstić information content (AvgIpc) is 3.50.